The van der Waals surface area contributed by atoms with Crippen LogP contribution in [0.5, 0.6) is 5.75 Å². The molecule has 2 atom stereocenters. The highest BCUT2D eigenvalue weighted by Crippen LogP contribution is 2.35. The van der Waals surface area contributed by atoms with Crippen LogP contribution in [0, 0.1) is 6.92 Å². The van der Waals surface area contributed by atoms with Crippen molar-refractivity contribution >= 4 is 23.4 Å². The van der Waals surface area contributed by atoms with Crippen LogP contribution < -0.4 is 20.7 Å². The number of hydrogen-bond donors (Lipinski definition) is 3. The third kappa shape index (κ3) is 5.58. The molecular formula is C30H34N8O4. The third-order valence-electron chi connectivity index (χ3n) is 7.72. The molecule has 218 valence electrons. The van der Waals surface area contributed by atoms with Crippen molar-refractivity contribution in [3.05, 3.63) is 72.1 Å². The van der Waals surface area contributed by atoms with Crippen molar-refractivity contribution in [1.82, 2.24) is 29.8 Å². The van der Waals surface area contributed by atoms with E-state index in [1.165, 1.54) is 0 Å². The summed E-state index contributed by atoms with van der Waals surface area (Å²) in [5.41, 5.74) is 4.92. The van der Waals surface area contributed by atoms with E-state index in [0.717, 1.165) is 41.2 Å². The predicted octanol–water partition coefficient (Wildman–Crippen LogP) is 3.15. The Morgan fingerprint density at radius 3 is 2.79 bits per heavy atom. The van der Waals surface area contributed by atoms with Crippen molar-refractivity contribution in [2.45, 2.75) is 18.9 Å². The zero-order valence-electron chi connectivity index (χ0n) is 23.8. The van der Waals surface area contributed by atoms with Crippen molar-refractivity contribution in [2.75, 3.05) is 50.6 Å². The number of aryl methyl sites for hydroxylation is 1. The van der Waals surface area contributed by atoms with Gasteiger partial charge in [0.25, 0.3) is 5.91 Å². The van der Waals surface area contributed by atoms with Gasteiger partial charge in [-0.2, -0.15) is 10.2 Å². The van der Waals surface area contributed by atoms with Gasteiger partial charge in [0.2, 0.25) is 0 Å². The summed E-state index contributed by atoms with van der Waals surface area (Å²) < 4.78 is 14.3. The first-order chi connectivity index (χ1) is 20.4. The van der Waals surface area contributed by atoms with E-state index in [4.69, 9.17) is 14.6 Å². The monoisotopic (exact) mass is 570 g/mol. The molecule has 3 amide bonds. The molecule has 2 aliphatic rings. The minimum atomic E-state index is -0.328. The zero-order chi connectivity index (χ0) is 29.2. The lowest BCUT2D eigenvalue weighted by Gasteiger charge is -2.23. The number of amides is 3. The molecule has 0 saturated carbocycles. The maximum atomic E-state index is 13.6. The molecule has 4 heterocycles. The van der Waals surface area contributed by atoms with Crippen LogP contribution in [0.1, 0.15) is 17.0 Å². The van der Waals surface area contributed by atoms with Gasteiger partial charge < -0.3 is 20.1 Å². The minimum absolute atomic E-state index is 0.00635. The van der Waals surface area contributed by atoms with Gasteiger partial charge in [0, 0.05) is 57.0 Å². The topological polar surface area (TPSA) is 128 Å². The van der Waals surface area contributed by atoms with Crippen LogP contribution in [0.3, 0.4) is 0 Å². The lowest BCUT2D eigenvalue weighted by atomic mass is 9.93. The van der Waals surface area contributed by atoms with E-state index in [-0.39, 0.29) is 30.5 Å². The molecule has 12 heteroatoms. The zero-order valence-corrected chi connectivity index (χ0v) is 23.8. The molecule has 2 aliphatic heterocycles. The van der Waals surface area contributed by atoms with Crippen LogP contribution >= 0.6 is 0 Å². The van der Waals surface area contributed by atoms with E-state index >= 15 is 0 Å². The van der Waals surface area contributed by atoms with E-state index in [1.54, 1.807) is 22.7 Å². The SMILES string of the molecule is COCCN1C[C@@H](NC(=O)Nc2c(C)c(-c3cnn(C)c3)nn2-c2ccccc2)[C@H](c2ccc3c(c2)NC(=O)CO3)C1. The van der Waals surface area contributed by atoms with E-state index in [1.807, 2.05) is 68.7 Å². The van der Waals surface area contributed by atoms with Crippen LogP contribution in [0.2, 0.25) is 0 Å². The number of carbonyl (C=O) groups excluding carboxylic acids is 2. The lowest BCUT2D eigenvalue weighted by molar-refractivity contribution is -0.118. The predicted molar refractivity (Wildman–Crippen MR) is 158 cm³/mol. The third-order valence-corrected chi connectivity index (χ3v) is 7.72. The molecule has 0 aliphatic carbocycles. The number of hydrogen-bond acceptors (Lipinski definition) is 7. The maximum absolute atomic E-state index is 13.6. The quantitative estimate of drug-likeness (QED) is 0.297. The van der Waals surface area contributed by atoms with Crippen LogP contribution in [0.25, 0.3) is 16.9 Å². The number of nitrogens with zero attached hydrogens (tertiary/aromatic N) is 5. The fourth-order valence-corrected chi connectivity index (χ4v) is 5.63. The Bertz CT molecular complexity index is 1600. The molecule has 12 nitrogen and oxygen atoms in total. The number of ether oxygens (including phenoxy) is 2. The van der Waals surface area contributed by atoms with Crippen LogP contribution in [-0.4, -0.2) is 82.4 Å². The molecule has 6 rings (SSSR count). The standard InChI is InChI=1S/C30H34N8O4/c1-19-28(21-14-31-36(2)15-21)35-38(22-7-5-4-6-8-22)29(19)34-30(40)33-25-17-37(11-12-41-3)16-23(25)20-9-10-26-24(13-20)32-27(39)18-42-26/h4-10,13-15,23,25H,11-12,16-18H2,1-3H3,(H,32,39)(H2,33,34,40)/t23-,25+/m0/s1. The highest BCUT2D eigenvalue weighted by Gasteiger charge is 2.36. The average molecular weight is 571 g/mol. The Balaban J connectivity index is 1.27. The molecule has 2 aromatic heterocycles. The number of nitrogens with one attached hydrogen (secondary N) is 3. The number of anilines is 2. The Labute approximate surface area is 243 Å². The van der Waals surface area contributed by atoms with Gasteiger partial charge in [-0.15, -0.1) is 0 Å². The number of benzene rings is 2. The Morgan fingerprint density at radius 1 is 1.19 bits per heavy atom. The van der Waals surface area contributed by atoms with Gasteiger partial charge in [0.05, 0.1) is 30.2 Å². The number of likely N-dealkylation sites (tertiary alicyclic amines) is 1. The van der Waals surface area contributed by atoms with Gasteiger partial charge in [-0.3, -0.25) is 19.7 Å². The largest absolute Gasteiger partial charge is 0.482 e. The second-order valence-corrected chi connectivity index (χ2v) is 10.6. The first-order valence-corrected chi connectivity index (χ1v) is 13.9. The molecular weight excluding hydrogens is 536 g/mol. The summed E-state index contributed by atoms with van der Waals surface area (Å²) in [6.07, 6.45) is 3.66. The summed E-state index contributed by atoms with van der Waals surface area (Å²) in [4.78, 5) is 27.8. The fraction of sp³-hybridized carbons (Fsp3) is 0.333. The highest BCUT2D eigenvalue weighted by molar-refractivity contribution is 5.95. The van der Waals surface area contributed by atoms with E-state index in [9.17, 15) is 9.59 Å². The van der Waals surface area contributed by atoms with Crippen molar-refractivity contribution in [3.63, 3.8) is 0 Å². The number of fused-ring (bicyclic) bond motifs is 1. The van der Waals surface area contributed by atoms with E-state index in [2.05, 4.69) is 25.9 Å². The summed E-state index contributed by atoms with van der Waals surface area (Å²) in [6.45, 7) is 4.66. The molecule has 0 spiro atoms. The summed E-state index contributed by atoms with van der Waals surface area (Å²) in [5, 5.41) is 18.4. The molecule has 1 saturated heterocycles. The molecule has 0 radical (unpaired) electrons. The summed E-state index contributed by atoms with van der Waals surface area (Å²) in [7, 11) is 3.54. The summed E-state index contributed by atoms with van der Waals surface area (Å²) in [6, 6.07) is 15.0. The average Bonchev–Trinajstić information content (AvgIpc) is 3.69. The molecule has 42 heavy (non-hydrogen) atoms. The fourth-order valence-electron chi connectivity index (χ4n) is 5.63. The second-order valence-electron chi connectivity index (χ2n) is 10.6. The van der Waals surface area contributed by atoms with Gasteiger partial charge in [-0.1, -0.05) is 24.3 Å². The molecule has 0 bridgehead atoms. The van der Waals surface area contributed by atoms with Gasteiger partial charge in [-0.05, 0) is 36.8 Å². The lowest BCUT2D eigenvalue weighted by Crippen LogP contribution is -2.42. The number of para-hydroxylation sites is 1. The molecule has 0 unspecified atom stereocenters. The van der Waals surface area contributed by atoms with Gasteiger partial charge in [0.1, 0.15) is 17.3 Å². The van der Waals surface area contributed by atoms with Crippen LogP contribution in [-0.2, 0) is 16.6 Å². The first-order valence-electron chi connectivity index (χ1n) is 13.9. The van der Waals surface area contributed by atoms with Crippen molar-refractivity contribution < 1.29 is 19.1 Å². The number of carbonyl (C=O) groups is 2. The Hall–Kier alpha value is -4.68. The second kappa shape index (κ2) is 11.7. The van der Waals surface area contributed by atoms with Crippen LogP contribution in [0.15, 0.2) is 60.9 Å². The Kier molecular flexibility index (Phi) is 7.64. The number of rotatable bonds is 8. The molecule has 2 aromatic carbocycles. The van der Waals surface area contributed by atoms with Gasteiger partial charge in [0.15, 0.2) is 6.61 Å². The smallest absolute Gasteiger partial charge is 0.320 e. The number of aromatic nitrogens is 4. The van der Waals surface area contributed by atoms with E-state index in [0.29, 0.717) is 30.4 Å². The first kappa shape index (κ1) is 27.5. The number of urea groups is 1. The Morgan fingerprint density at radius 2 is 2.02 bits per heavy atom. The number of methoxy groups -OCH3 is 1. The minimum Gasteiger partial charge on any atom is -0.482 e. The highest BCUT2D eigenvalue weighted by atomic mass is 16.5. The molecule has 1 fully saturated rings. The summed E-state index contributed by atoms with van der Waals surface area (Å²) >= 11 is 0. The van der Waals surface area contributed by atoms with Crippen molar-refractivity contribution in [3.8, 4) is 22.7 Å². The van der Waals surface area contributed by atoms with E-state index < -0.39 is 0 Å². The van der Waals surface area contributed by atoms with Gasteiger partial charge in [-0.25, -0.2) is 9.48 Å². The van der Waals surface area contributed by atoms with Crippen molar-refractivity contribution in [1.29, 1.82) is 0 Å². The molecule has 3 N–H and O–H groups in total. The van der Waals surface area contributed by atoms with Crippen LogP contribution in [0.4, 0.5) is 16.3 Å². The van der Waals surface area contributed by atoms with Gasteiger partial charge >= 0.3 is 6.03 Å². The maximum Gasteiger partial charge on any atom is 0.320 e. The summed E-state index contributed by atoms with van der Waals surface area (Å²) in [5.74, 6) is 1.03. The van der Waals surface area contributed by atoms with Crippen molar-refractivity contribution in [2.24, 2.45) is 7.05 Å². The molecule has 4 aromatic rings. The normalized spacial score (nSPS) is 18.3.